The van der Waals surface area contributed by atoms with E-state index in [0.717, 1.165) is 31.0 Å². The van der Waals surface area contributed by atoms with Crippen LogP contribution in [0.3, 0.4) is 0 Å². The van der Waals surface area contributed by atoms with Crippen LogP contribution in [0.4, 0.5) is 0 Å². The van der Waals surface area contributed by atoms with Crippen LogP contribution in [0.15, 0.2) is 24.3 Å². The Kier molecular flexibility index (Phi) is 6.05. The minimum atomic E-state index is 0.0567. The standard InChI is InChI=1S/C24H33N3OS/c1-24(2)14-19(13-20(28)15-24)25-16-22-21-10-6-3-7-17(21)11-12-27(22)23(29)26-18-8-4-5-9-18/h3,6-7,10,18,22H,4-5,8-9,11-16H2,1-2H3,(H,26,29)/p+1/t22-/m0/s1. The van der Waals surface area contributed by atoms with Gasteiger partial charge >= 0.3 is 0 Å². The van der Waals surface area contributed by atoms with Crippen molar-refractivity contribution in [1.29, 1.82) is 0 Å². The molecule has 0 saturated heterocycles. The van der Waals surface area contributed by atoms with Crippen molar-refractivity contribution >= 4 is 28.8 Å². The summed E-state index contributed by atoms with van der Waals surface area (Å²) in [6.45, 7) is 6.12. The number of hydrogen-bond acceptors (Lipinski definition) is 2. The van der Waals surface area contributed by atoms with Crippen LogP contribution in [-0.2, 0) is 11.2 Å². The molecule has 2 N–H and O–H groups in total. The van der Waals surface area contributed by atoms with Crippen LogP contribution in [0.1, 0.15) is 76.0 Å². The van der Waals surface area contributed by atoms with Crippen LogP contribution in [0, 0.1) is 5.41 Å². The molecule has 1 atom stereocenters. The third-order valence-electron chi connectivity index (χ3n) is 6.68. The summed E-state index contributed by atoms with van der Waals surface area (Å²) in [6, 6.07) is 9.47. The molecule has 1 aromatic rings. The molecule has 0 spiro atoms. The van der Waals surface area contributed by atoms with E-state index in [-0.39, 0.29) is 11.5 Å². The van der Waals surface area contributed by atoms with Crippen molar-refractivity contribution in [3.63, 3.8) is 0 Å². The molecule has 0 unspecified atom stereocenters. The number of carbonyl (C=O) groups is 1. The Bertz CT molecular complexity index is 810. The van der Waals surface area contributed by atoms with Gasteiger partial charge in [-0.2, -0.15) is 0 Å². The lowest BCUT2D eigenvalue weighted by atomic mass is 9.76. The first-order valence-corrected chi connectivity index (χ1v) is 11.6. The smallest absolute Gasteiger partial charge is 0.169 e. The number of Topliss-reactive ketones (excluding diaryl/α,β-unsaturated/α-hetero) is 1. The second-order valence-corrected chi connectivity index (χ2v) is 10.2. The number of hydrogen-bond donors (Lipinski definition) is 2. The second-order valence-electron chi connectivity index (χ2n) is 9.81. The fourth-order valence-electron chi connectivity index (χ4n) is 5.35. The average Bonchev–Trinajstić information content (AvgIpc) is 3.17. The number of nitrogens with zero attached hydrogens (tertiary/aromatic N) is 1. The molecule has 1 heterocycles. The van der Waals surface area contributed by atoms with Gasteiger partial charge in [0.25, 0.3) is 0 Å². The fourth-order valence-corrected chi connectivity index (χ4v) is 5.73. The molecule has 0 aromatic heterocycles. The Morgan fingerprint density at radius 1 is 1.24 bits per heavy atom. The highest BCUT2D eigenvalue weighted by Crippen LogP contribution is 2.31. The van der Waals surface area contributed by atoms with Crippen molar-refractivity contribution in [2.45, 2.75) is 77.3 Å². The number of carbonyl (C=O) groups excluding carboxylic acids is 1. The van der Waals surface area contributed by atoms with E-state index in [9.17, 15) is 4.79 Å². The number of thiocarbonyl (C=S) groups is 1. The molecule has 0 amide bonds. The summed E-state index contributed by atoms with van der Waals surface area (Å²) in [6.07, 6.45) is 8.31. The van der Waals surface area contributed by atoms with E-state index < -0.39 is 0 Å². The molecule has 29 heavy (non-hydrogen) atoms. The predicted molar refractivity (Wildman–Crippen MR) is 121 cm³/mol. The molecular formula is C24H34N3OS+. The highest BCUT2D eigenvalue weighted by Gasteiger charge is 2.35. The van der Waals surface area contributed by atoms with Gasteiger partial charge in [0.15, 0.2) is 17.4 Å². The van der Waals surface area contributed by atoms with Crippen LogP contribution < -0.4 is 10.3 Å². The zero-order valence-corrected chi connectivity index (χ0v) is 18.6. The number of nitrogens with one attached hydrogen (secondary N) is 2. The maximum Gasteiger partial charge on any atom is 0.169 e. The van der Waals surface area contributed by atoms with Gasteiger partial charge in [0.2, 0.25) is 0 Å². The third kappa shape index (κ3) is 4.88. The molecule has 2 aliphatic carbocycles. The number of benzene rings is 1. The van der Waals surface area contributed by atoms with Crippen LogP contribution >= 0.6 is 12.2 Å². The summed E-state index contributed by atoms with van der Waals surface area (Å²) in [7, 11) is 0. The Morgan fingerprint density at radius 2 is 2.00 bits per heavy atom. The summed E-state index contributed by atoms with van der Waals surface area (Å²) < 4.78 is 0. The molecule has 4 nitrogen and oxygen atoms in total. The summed E-state index contributed by atoms with van der Waals surface area (Å²) in [5, 5.41) is 4.53. The first kappa shape index (κ1) is 20.5. The van der Waals surface area contributed by atoms with Gasteiger partial charge in [-0.1, -0.05) is 51.0 Å². The van der Waals surface area contributed by atoms with E-state index in [1.807, 2.05) is 0 Å². The lowest BCUT2D eigenvalue weighted by molar-refractivity contribution is -0.468. The lowest BCUT2D eigenvalue weighted by Gasteiger charge is -2.38. The monoisotopic (exact) mass is 412 g/mol. The van der Waals surface area contributed by atoms with E-state index in [0.29, 0.717) is 24.7 Å². The van der Waals surface area contributed by atoms with Crippen LogP contribution in [0.25, 0.3) is 0 Å². The van der Waals surface area contributed by atoms with Crippen LogP contribution in [-0.4, -0.2) is 40.6 Å². The van der Waals surface area contributed by atoms with Crippen molar-refractivity contribution in [2.24, 2.45) is 5.41 Å². The van der Waals surface area contributed by atoms with E-state index >= 15 is 0 Å². The molecule has 3 aliphatic rings. The summed E-state index contributed by atoms with van der Waals surface area (Å²) in [5.74, 6) is 0.350. The van der Waals surface area contributed by atoms with Gasteiger partial charge in [0.05, 0.1) is 6.42 Å². The van der Waals surface area contributed by atoms with E-state index in [4.69, 9.17) is 12.2 Å². The molecule has 0 radical (unpaired) electrons. The quantitative estimate of drug-likeness (QED) is 0.750. The van der Waals surface area contributed by atoms with Gasteiger partial charge in [-0.25, -0.2) is 4.99 Å². The molecule has 5 heteroatoms. The van der Waals surface area contributed by atoms with Gasteiger partial charge < -0.3 is 10.2 Å². The highest BCUT2D eigenvalue weighted by atomic mass is 32.1. The molecule has 1 aliphatic heterocycles. The average molecular weight is 413 g/mol. The Balaban J connectivity index is 1.55. The SMILES string of the molecule is CC1(C)CC(=O)CC(=[NH+]C[C@H]2c3ccccc3CCN2C(=S)NC2CCCC2)C1. The third-order valence-corrected chi connectivity index (χ3v) is 7.03. The molecule has 4 rings (SSSR count). The number of fused-ring (bicyclic) bond motifs is 1. The summed E-state index contributed by atoms with van der Waals surface area (Å²) in [4.78, 5) is 18.2. The maximum absolute atomic E-state index is 12.2. The second kappa shape index (κ2) is 8.55. The summed E-state index contributed by atoms with van der Waals surface area (Å²) in [5.41, 5.74) is 4.03. The van der Waals surface area contributed by atoms with E-state index in [1.165, 1.54) is 42.5 Å². The molecule has 2 saturated carbocycles. The Hall–Kier alpha value is -1.75. The van der Waals surface area contributed by atoms with Crippen LogP contribution in [0.5, 0.6) is 0 Å². The molecule has 0 bridgehead atoms. The largest absolute Gasteiger partial charge is 0.360 e. The number of ketones is 1. The first-order chi connectivity index (χ1) is 13.9. The topological polar surface area (TPSA) is 46.3 Å². The van der Waals surface area contributed by atoms with Crippen molar-refractivity contribution < 1.29 is 9.79 Å². The zero-order valence-electron chi connectivity index (χ0n) is 17.8. The van der Waals surface area contributed by atoms with Gasteiger partial charge in [-0.3, -0.25) is 4.79 Å². The van der Waals surface area contributed by atoms with Gasteiger partial charge in [0, 0.05) is 25.4 Å². The van der Waals surface area contributed by atoms with Gasteiger partial charge in [-0.05, 0) is 48.0 Å². The summed E-state index contributed by atoms with van der Waals surface area (Å²) >= 11 is 5.87. The minimum absolute atomic E-state index is 0.0567. The first-order valence-electron chi connectivity index (χ1n) is 11.2. The Morgan fingerprint density at radius 3 is 2.76 bits per heavy atom. The predicted octanol–water partition coefficient (Wildman–Crippen LogP) is 2.70. The molecular weight excluding hydrogens is 378 g/mol. The normalized spacial score (nSPS) is 25.9. The van der Waals surface area contributed by atoms with Crippen molar-refractivity contribution in [2.75, 3.05) is 13.1 Å². The van der Waals surface area contributed by atoms with Crippen molar-refractivity contribution in [3.05, 3.63) is 35.4 Å². The van der Waals surface area contributed by atoms with E-state index in [1.54, 1.807) is 0 Å². The van der Waals surface area contributed by atoms with Gasteiger partial charge in [-0.15, -0.1) is 0 Å². The Labute approximate surface area is 180 Å². The molecule has 1 aromatic carbocycles. The highest BCUT2D eigenvalue weighted by molar-refractivity contribution is 7.80. The number of rotatable bonds is 3. The lowest BCUT2D eigenvalue weighted by Crippen LogP contribution is -2.77. The van der Waals surface area contributed by atoms with Crippen molar-refractivity contribution in [1.82, 2.24) is 10.2 Å². The fraction of sp³-hybridized carbons (Fsp3) is 0.625. The van der Waals surface area contributed by atoms with Crippen LogP contribution in [0.2, 0.25) is 0 Å². The van der Waals surface area contributed by atoms with Gasteiger partial charge in [0.1, 0.15) is 11.8 Å². The molecule has 2 fully saturated rings. The van der Waals surface area contributed by atoms with Crippen molar-refractivity contribution in [3.8, 4) is 0 Å². The maximum atomic E-state index is 12.2. The van der Waals surface area contributed by atoms with E-state index in [2.05, 4.69) is 53.3 Å². The zero-order chi connectivity index (χ0) is 20.4. The molecule has 156 valence electrons. The minimum Gasteiger partial charge on any atom is -0.360 e.